The number of aromatic nitrogens is 2. The maximum Gasteiger partial charge on any atom is 0.117 e. The van der Waals surface area contributed by atoms with Gasteiger partial charge in [0.25, 0.3) is 0 Å². The van der Waals surface area contributed by atoms with Crippen LogP contribution in [0.3, 0.4) is 0 Å². The number of unbranched alkanes of at least 4 members (excludes halogenated alkanes) is 9. The maximum absolute atomic E-state index is 4.63. The molecule has 2 rings (SSSR count). The number of nitrogens with zero attached hydrogens (tertiary/aromatic N) is 1. The van der Waals surface area contributed by atoms with E-state index in [9.17, 15) is 0 Å². The summed E-state index contributed by atoms with van der Waals surface area (Å²) < 4.78 is 0. The van der Waals surface area contributed by atoms with Crippen LogP contribution in [-0.2, 0) is 5.75 Å². The second kappa shape index (κ2) is 11.6. The first-order valence-corrected chi connectivity index (χ1v) is 10.6. The molecule has 0 atom stereocenters. The van der Waals surface area contributed by atoms with Crippen LogP contribution in [0, 0.1) is 0 Å². The number of imidazole rings is 1. The molecule has 0 radical (unpaired) electrons. The van der Waals surface area contributed by atoms with Gasteiger partial charge in [-0.2, -0.15) is 11.8 Å². The number of nitrogens with one attached hydrogen (secondary N) is 1. The summed E-state index contributed by atoms with van der Waals surface area (Å²) in [4.78, 5) is 8.03. The molecule has 0 fully saturated rings. The molecule has 128 valence electrons. The number of benzene rings is 1. The van der Waals surface area contributed by atoms with Crippen molar-refractivity contribution < 1.29 is 0 Å². The Bertz CT molecular complexity index is 502. The number of thioether (sulfide) groups is 1. The van der Waals surface area contributed by atoms with Gasteiger partial charge < -0.3 is 4.98 Å². The van der Waals surface area contributed by atoms with Crippen LogP contribution in [0.25, 0.3) is 11.0 Å². The molecule has 0 saturated carbocycles. The molecule has 0 amide bonds. The lowest BCUT2D eigenvalue weighted by Crippen LogP contribution is -1.87. The van der Waals surface area contributed by atoms with Gasteiger partial charge in [-0.05, 0) is 24.3 Å². The van der Waals surface area contributed by atoms with E-state index < -0.39 is 0 Å². The maximum atomic E-state index is 4.63. The van der Waals surface area contributed by atoms with E-state index >= 15 is 0 Å². The summed E-state index contributed by atoms with van der Waals surface area (Å²) in [6.45, 7) is 2.28. The Kier molecular flexibility index (Phi) is 9.24. The summed E-state index contributed by atoms with van der Waals surface area (Å²) in [7, 11) is 0. The second-order valence-electron chi connectivity index (χ2n) is 6.44. The van der Waals surface area contributed by atoms with Crippen molar-refractivity contribution in [1.82, 2.24) is 9.97 Å². The van der Waals surface area contributed by atoms with Crippen LogP contribution in [0.4, 0.5) is 0 Å². The lowest BCUT2D eigenvalue weighted by Gasteiger charge is -2.02. The van der Waals surface area contributed by atoms with Crippen molar-refractivity contribution in [2.75, 3.05) is 5.75 Å². The fraction of sp³-hybridized carbons (Fsp3) is 0.650. The molecule has 1 heterocycles. The Balaban J connectivity index is 1.42. The van der Waals surface area contributed by atoms with Crippen LogP contribution >= 0.6 is 11.8 Å². The Morgan fingerprint density at radius 2 is 1.52 bits per heavy atom. The number of hydrogen-bond acceptors (Lipinski definition) is 2. The average Bonchev–Trinajstić information content (AvgIpc) is 2.98. The third-order valence-electron chi connectivity index (χ3n) is 4.32. The first-order valence-electron chi connectivity index (χ1n) is 9.41. The van der Waals surface area contributed by atoms with Crippen LogP contribution in [0.2, 0.25) is 0 Å². The molecule has 0 aliphatic rings. The third-order valence-corrected chi connectivity index (χ3v) is 5.37. The number of rotatable bonds is 13. The highest BCUT2D eigenvalue weighted by Gasteiger charge is 2.01. The van der Waals surface area contributed by atoms with Crippen molar-refractivity contribution >= 4 is 22.8 Å². The summed E-state index contributed by atoms with van der Waals surface area (Å²) in [5.74, 6) is 3.38. The molecular formula is C20H32N2S. The molecule has 1 aromatic carbocycles. The van der Waals surface area contributed by atoms with Gasteiger partial charge in [-0.3, -0.25) is 0 Å². The minimum atomic E-state index is 1.01. The van der Waals surface area contributed by atoms with Crippen LogP contribution < -0.4 is 0 Å². The van der Waals surface area contributed by atoms with Gasteiger partial charge in [0.05, 0.1) is 16.8 Å². The quantitative estimate of drug-likeness (QED) is 0.413. The molecule has 0 aliphatic carbocycles. The minimum absolute atomic E-state index is 1.01. The van der Waals surface area contributed by atoms with E-state index in [4.69, 9.17) is 0 Å². The average molecular weight is 333 g/mol. The molecule has 3 heteroatoms. The number of hydrogen-bond donors (Lipinski definition) is 1. The van der Waals surface area contributed by atoms with E-state index in [1.807, 2.05) is 17.8 Å². The molecule has 23 heavy (non-hydrogen) atoms. The second-order valence-corrected chi connectivity index (χ2v) is 7.54. The first-order chi connectivity index (χ1) is 11.4. The SMILES string of the molecule is CCCCCCCCCCCCSCc1nc2ccccc2[nH]1. The Morgan fingerprint density at radius 1 is 0.870 bits per heavy atom. The minimum Gasteiger partial charge on any atom is -0.341 e. The molecule has 0 unspecified atom stereocenters. The van der Waals surface area contributed by atoms with Crippen LogP contribution in [0.15, 0.2) is 24.3 Å². The van der Waals surface area contributed by atoms with E-state index in [-0.39, 0.29) is 0 Å². The predicted octanol–water partition coefficient (Wildman–Crippen LogP) is 6.72. The van der Waals surface area contributed by atoms with Crippen molar-refractivity contribution in [2.24, 2.45) is 0 Å². The summed E-state index contributed by atoms with van der Waals surface area (Å²) in [5, 5.41) is 0. The summed E-state index contributed by atoms with van der Waals surface area (Å²) >= 11 is 2.01. The smallest absolute Gasteiger partial charge is 0.117 e. The first kappa shape index (κ1) is 18.4. The van der Waals surface area contributed by atoms with Gasteiger partial charge in [-0.1, -0.05) is 76.8 Å². The topological polar surface area (TPSA) is 28.7 Å². The van der Waals surface area contributed by atoms with Crippen molar-refractivity contribution in [2.45, 2.75) is 76.9 Å². The third kappa shape index (κ3) is 7.43. The fourth-order valence-corrected chi connectivity index (χ4v) is 3.82. The number of fused-ring (bicyclic) bond motifs is 1. The highest BCUT2D eigenvalue weighted by atomic mass is 32.2. The van der Waals surface area contributed by atoms with Gasteiger partial charge in [0.15, 0.2) is 0 Å². The van der Waals surface area contributed by atoms with Crippen molar-refractivity contribution in [1.29, 1.82) is 0 Å². The van der Waals surface area contributed by atoms with Gasteiger partial charge in [0.1, 0.15) is 5.82 Å². The summed E-state index contributed by atoms with van der Waals surface area (Å²) in [6.07, 6.45) is 14.1. The van der Waals surface area contributed by atoms with E-state index in [0.29, 0.717) is 0 Å². The van der Waals surface area contributed by atoms with Gasteiger partial charge in [-0.25, -0.2) is 4.98 Å². The van der Waals surface area contributed by atoms with E-state index in [2.05, 4.69) is 35.1 Å². The normalized spacial score (nSPS) is 11.3. The molecular weight excluding hydrogens is 300 g/mol. The largest absolute Gasteiger partial charge is 0.341 e. The number of para-hydroxylation sites is 2. The summed E-state index contributed by atoms with van der Waals surface area (Å²) in [5.41, 5.74) is 2.24. The van der Waals surface area contributed by atoms with Gasteiger partial charge in [0, 0.05) is 0 Å². The molecule has 1 aromatic heterocycles. The molecule has 0 bridgehead atoms. The molecule has 0 aliphatic heterocycles. The fourth-order valence-electron chi connectivity index (χ4n) is 2.93. The molecule has 0 spiro atoms. The molecule has 0 saturated heterocycles. The zero-order valence-electron chi connectivity index (χ0n) is 14.7. The molecule has 1 N–H and O–H groups in total. The van der Waals surface area contributed by atoms with E-state index in [1.165, 1.54) is 70.0 Å². The van der Waals surface area contributed by atoms with E-state index in [0.717, 1.165) is 22.6 Å². The van der Waals surface area contributed by atoms with E-state index in [1.54, 1.807) is 0 Å². The predicted molar refractivity (Wildman–Crippen MR) is 104 cm³/mol. The Morgan fingerprint density at radius 3 is 2.22 bits per heavy atom. The zero-order chi connectivity index (χ0) is 16.2. The van der Waals surface area contributed by atoms with Gasteiger partial charge in [-0.15, -0.1) is 0 Å². The number of aromatic amines is 1. The summed E-state index contributed by atoms with van der Waals surface area (Å²) in [6, 6.07) is 8.27. The standard InChI is InChI=1S/C20H32N2S/c1-2-3-4-5-6-7-8-9-10-13-16-23-17-20-21-18-14-11-12-15-19(18)22-20/h11-12,14-15H,2-10,13,16-17H2,1H3,(H,21,22). The Labute approximate surface area is 145 Å². The van der Waals surface area contributed by atoms with Crippen molar-refractivity contribution in [3.63, 3.8) is 0 Å². The van der Waals surface area contributed by atoms with Crippen LogP contribution in [-0.4, -0.2) is 15.7 Å². The highest BCUT2D eigenvalue weighted by molar-refractivity contribution is 7.98. The van der Waals surface area contributed by atoms with Gasteiger partial charge in [0.2, 0.25) is 0 Å². The lowest BCUT2D eigenvalue weighted by molar-refractivity contribution is 0.563. The van der Waals surface area contributed by atoms with Crippen molar-refractivity contribution in [3.05, 3.63) is 30.1 Å². The lowest BCUT2D eigenvalue weighted by atomic mass is 10.1. The highest BCUT2D eigenvalue weighted by Crippen LogP contribution is 2.17. The van der Waals surface area contributed by atoms with Gasteiger partial charge >= 0.3 is 0 Å². The molecule has 2 nitrogen and oxygen atoms in total. The van der Waals surface area contributed by atoms with Crippen LogP contribution in [0.1, 0.15) is 77.0 Å². The zero-order valence-corrected chi connectivity index (χ0v) is 15.5. The number of H-pyrrole nitrogens is 1. The monoisotopic (exact) mass is 332 g/mol. The molecule has 2 aromatic rings. The van der Waals surface area contributed by atoms with Crippen molar-refractivity contribution in [3.8, 4) is 0 Å². The Hall–Kier alpha value is -0.960. The van der Waals surface area contributed by atoms with Crippen LogP contribution in [0.5, 0.6) is 0 Å².